The van der Waals surface area contributed by atoms with Gasteiger partial charge in [0.25, 0.3) is 0 Å². The van der Waals surface area contributed by atoms with E-state index in [-0.39, 0.29) is 0 Å². The highest BCUT2D eigenvalue weighted by atomic mass is 32.1. The monoisotopic (exact) mass is 735 g/mol. The summed E-state index contributed by atoms with van der Waals surface area (Å²) in [4.78, 5) is 2.50. The number of rotatable bonds is 6. The molecule has 0 bridgehead atoms. The molecule has 0 aliphatic rings. The van der Waals surface area contributed by atoms with Crippen LogP contribution in [0.4, 0.5) is 17.1 Å². The van der Waals surface area contributed by atoms with Gasteiger partial charge in [-0.2, -0.15) is 0 Å². The predicted octanol–water partition coefficient (Wildman–Crippen LogP) is 16.0. The number of anilines is 3. The molecule has 0 fully saturated rings. The van der Waals surface area contributed by atoms with E-state index in [1.54, 1.807) is 0 Å². The van der Waals surface area contributed by atoms with Gasteiger partial charge in [-0.3, -0.25) is 0 Å². The lowest BCUT2D eigenvalue weighted by molar-refractivity contribution is 1.32. The largest absolute Gasteiger partial charge is 0.308 e. The Morgan fingerprint density at radius 1 is 0.309 bits per heavy atom. The maximum atomic E-state index is 2.50. The van der Waals surface area contributed by atoms with Crippen molar-refractivity contribution in [3.8, 4) is 33.4 Å². The fourth-order valence-electron chi connectivity index (χ4n) is 8.19. The van der Waals surface area contributed by atoms with Crippen LogP contribution in [0, 0.1) is 0 Å². The van der Waals surface area contributed by atoms with E-state index >= 15 is 0 Å². The zero-order chi connectivity index (χ0) is 36.3. The van der Waals surface area contributed by atoms with Crippen LogP contribution in [0.1, 0.15) is 0 Å². The zero-order valence-corrected chi connectivity index (χ0v) is 31.4. The normalized spacial score (nSPS) is 11.6. The number of nitrogens with zero attached hydrogens (tertiary/aromatic N) is 1. The first kappa shape index (κ1) is 32.0. The van der Waals surface area contributed by atoms with Gasteiger partial charge in [0.15, 0.2) is 0 Å². The summed E-state index contributed by atoms with van der Waals surface area (Å²) >= 11 is 3.78. The summed E-state index contributed by atoms with van der Waals surface area (Å²) in [6, 6.07) is 73.3. The topological polar surface area (TPSA) is 3.24 Å². The van der Waals surface area contributed by atoms with Crippen molar-refractivity contribution in [2.45, 2.75) is 0 Å². The number of benzene rings is 9. The third kappa shape index (κ3) is 5.43. The molecular formula is C52H33NS2. The third-order valence-electron chi connectivity index (χ3n) is 10.9. The fraction of sp³-hybridized carbons (Fsp3) is 0. The first-order chi connectivity index (χ1) is 27.3. The second-order valence-corrected chi connectivity index (χ2v) is 16.2. The summed E-state index contributed by atoms with van der Waals surface area (Å²) in [5, 5.41) is 7.72. The quantitative estimate of drug-likeness (QED) is 0.164. The molecule has 3 heteroatoms. The van der Waals surface area contributed by atoms with Gasteiger partial charge in [-0.05, 0) is 75.2 Å². The number of hydrogen-bond acceptors (Lipinski definition) is 3. The van der Waals surface area contributed by atoms with Crippen LogP contribution in [0.25, 0.3) is 84.5 Å². The molecule has 0 N–H and O–H groups in total. The Hall–Kier alpha value is -6.52. The Kier molecular flexibility index (Phi) is 7.61. The number of fused-ring (bicyclic) bond motifs is 8. The van der Waals surface area contributed by atoms with Crippen LogP contribution in [0.3, 0.4) is 0 Å². The standard InChI is InChI=1S/C52H33NS2/c1-3-11-34(12-4-1)36-21-23-37(24-22-36)38-25-29-41(30-26-38)53(47-19-10-17-44-42-16-7-8-20-48(42)54-51(44)47)46-18-9-15-39-27-32-45-43-31-28-40(35-13-5-2-6-14-35)33-49(43)55-52(45)50(39)46/h1-33H. The molecule has 0 saturated carbocycles. The van der Waals surface area contributed by atoms with Crippen molar-refractivity contribution in [1.29, 1.82) is 0 Å². The molecule has 258 valence electrons. The van der Waals surface area contributed by atoms with Gasteiger partial charge in [0.1, 0.15) is 0 Å². The highest BCUT2D eigenvalue weighted by molar-refractivity contribution is 7.27. The molecule has 1 nitrogen and oxygen atoms in total. The molecule has 0 saturated heterocycles. The summed E-state index contributed by atoms with van der Waals surface area (Å²) in [5.41, 5.74) is 10.9. The van der Waals surface area contributed by atoms with Crippen molar-refractivity contribution in [2.75, 3.05) is 4.90 Å². The van der Waals surface area contributed by atoms with Crippen LogP contribution in [-0.2, 0) is 0 Å². The van der Waals surface area contributed by atoms with Crippen molar-refractivity contribution in [3.63, 3.8) is 0 Å². The Morgan fingerprint density at radius 2 is 0.818 bits per heavy atom. The molecule has 0 spiro atoms. The minimum absolute atomic E-state index is 1.13. The fourth-order valence-corrected chi connectivity index (χ4v) is 10.7. The summed E-state index contributed by atoms with van der Waals surface area (Å²) in [7, 11) is 0. The van der Waals surface area contributed by atoms with Crippen LogP contribution < -0.4 is 4.90 Å². The lowest BCUT2D eigenvalue weighted by Crippen LogP contribution is -2.10. The molecule has 0 aliphatic heterocycles. The predicted molar refractivity (Wildman–Crippen MR) is 241 cm³/mol. The van der Waals surface area contributed by atoms with Crippen LogP contribution in [0.5, 0.6) is 0 Å². The lowest BCUT2D eigenvalue weighted by Gasteiger charge is -2.28. The van der Waals surface area contributed by atoms with Crippen molar-refractivity contribution in [1.82, 2.24) is 0 Å². The molecule has 11 rings (SSSR count). The number of thiophene rings is 2. The molecule has 2 aromatic heterocycles. The molecule has 55 heavy (non-hydrogen) atoms. The van der Waals surface area contributed by atoms with Crippen molar-refractivity contribution in [2.24, 2.45) is 0 Å². The second-order valence-electron chi connectivity index (χ2n) is 14.1. The Balaban J connectivity index is 1.11. The van der Waals surface area contributed by atoms with E-state index in [1.807, 2.05) is 22.7 Å². The van der Waals surface area contributed by atoms with E-state index in [0.717, 1.165) is 5.69 Å². The summed E-state index contributed by atoms with van der Waals surface area (Å²) in [6.07, 6.45) is 0. The van der Waals surface area contributed by atoms with Crippen LogP contribution in [0.2, 0.25) is 0 Å². The van der Waals surface area contributed by atoms with Gasteiger partial charge in [0, 0.05) is 46.7 Å². The first-order valence-electron chi connectivity index (χ1n) is 18.7. The van der Waals surface area contributed by atoms with E-state index < -0.39 is 0 Å². The molecule has 0 aliphatic carbocycles. The zero-order valence-electron chi connectivity index (χ0n) is 29.8. The van der Waals surface area contributed by atoms with E-state index in [4.69, 9.17) is 0 Å². The maximum absolute atomic E-state index is 2.50. The summed E-state index contributed by atoms with van der Waals surface area (Å²) in [5.74, 6) is 0. The van der Waals surface area contributed by atoms with Crippen molar-refractivity contribution in [3.05, 3.63) is 200 Å². The van der Waals surface area contributed by atoms with Gasteiger partial charge in [-0.15, -0.1) is 22.7 Å². The lowest BCUT2D eigenvalue weighted by atomic mass is 9.99. The van der Waals surface area contributed by atoms with Crippen LogP contribution >= 0.6 is 22.7 Å². The second kappa shape index (κ2) is 13.1. The Labute approximate surface area is 327 Å². The summed E-state index contributed by atoms with van der Waals surface area (Å²) in [6.45, 7) is 0. The minimum atomic E-state index is 1.13. The average molecular weight is 736 g/mol. The molecular weight excluding hydrogens is 703 g/mol. The van der Waals surface area contributed by atoms with E-state index in [2.05, 4.69) is 205 Å². The number of hydrogen-bond donors (Lipinski definition) is 0. The van der Waals surface area contributed by atoms with Gasteiger partial charge in [0.05, 0.1) is 16.1 Å². The molecule has 11 aromatic rings. The van der Waals surface area contributed by atoms with Gasteiger partial charge in [-0.1, -0.05) is 164 Å². The average Bonchev–Trinajstić information content (AvgIpc) is 3.83. The highest BCUT2D eigenvalue weighted by Gasteiger charge is 2.22. The molecule has 0 atom stereocenters. The van der Waals surface area contributed by atoms with Gasteiger partial charge in [0.2, 0.25) is 0 Å². The SMILES string of the molecule is c1ccc(-c2ccc(-c3ccc(N(c4cccc5c4sc4ccccc45)c4cccc5ccc6c7ccc(-c8ccccc8)cc7sc6c45)cc3)cc2)cc1. The van der Waals surface area contributed by atoms with Crippen molar-refractivity contribution < 1.29 is 0 Å². The maximum Gasteiger partial charge on any atom is 0.0640 e. The van der Waals surface area contributed by atoms with Crippen LogP contribution in [0.15, 0.2) is 200 Å². The summed E-state index contributed by atoms with van der Waals surface area (Å²) < 4.78 is 5.21. The van der Waals surface area contributed by atoms with E-state index in [1.165, 1.54) is 95.9 Å². The molecule has 2 heterocycles. The van der Waals surface area contributed by atoms with Crippen LogP contribution in [-0.4, -0.2) is 0 Å². The van der Waals surface area contributed by atoms with Gasteiger partial charge < -0.3 is 4.90 Å². The highest BCUT2D eigenvalue weighted by Crippen LogP contribution is 2.49. The molecule has 0 amide bonds. The van der Waals surface area contributed by atoms with E-state index in [9.17, 15) is 0 Å². The van der Waals surface area contributed by atoms with Gasteiger partial charge >= 0.3 is 0 Å². The Bertz CT molecular complexity index is 3180. The van der Waals surface area contributed by atoms with Gasteiger partial charge in [-0.25, -0.2) is 0 Å². The van der Waals surface area contributed by atoms with E-state index in [0.29, 0.717) is 0 Å². The Morgan fingerprint density at radius 3 is 1.56 bits per heavy atom. The molecule has 0 radical (unpaired) electrons. The minimum Gasteiger partial charge on any atom is -0.308 e. The first-order valence-corrected chi connectivity index (χ1v) is 20.3. The van der Waals surface area contributed by atoms with Crippen molar-refractivity contribution >= 4 is 90.9 Å². The molecule has 0 unspecified atom stereocenters. The molecule has 9 aromatic carbocycles. The smallest absolute Gasteiger partial charge is 0.0640 e. The third-order valence-corrected chi connectivity index (χ3v) is 13.3.